The third-order valence-corrected chi connectivity index (χ3v) is 6.00. The van der Waals surface area contributed by atoms with Crippen LogP contribution < -0.4 is 5.32 Å². The van der Waals surface area contributed by atoms with Gasteiger partial charge in [-0.3, -0.25) is 0 Å². The Balaban J connectivity index is 1.77. The third-order valence-electron chi connectivity index (χ3n) is 4.86. The van der Waals surface area contributed by atoms with Crippen LogP contribution in [-0.4, -0.2) is 32.9 Å². The smallest absolute Gasteiger partial charge is 0.234 e. The number of fused-ring (bicyclic) bond motifs is 1. The van der Waals surface area contributed by atoms with E-state index < -0.39 is 0 Å². The minimum atomic E-state index is 0.224. The molecule has 1 aliphatic heterocycles. The van der Waals surface area contributed by atoms with Gasteiger partial charge in [0.25, 0.3) is 0 Å². The summed E-state index contributed by atoms with van der Waals surface area (Å²) < 4.78 is 2.01. The van der Waals surface area contributed by atoms with E-state index in [-0.39, 0.29) is 5.41 Å². The van der Waals surface area contributed by atoms with E-state index >= 15 is 0 Å². The van der Waals surface area contributed by atoms with E-state index in [0.29, 0.717) is 5.92 Å². The van der Waals surface area contributed by atoms with Crippen molar-refractivity contribution in [3.63, 3.8) is 0 Å². The van der Waals surface area contributed by atoms with Gasteiger partial charge >= 0.3 is 0 Å². The largest absolute Gasteiger partial charge is 0.316 e. The zero-order valence-corrected chi connectivity index (χ0v) is 12.0. The second kappa shape index (κ2) is 4.24. The lowest BCUT2D eigenvalue weighted by Crippen LogP contribution is -2.28. The maximum absolute atomic E-state index is 4.87. The molecule has 0 radical (unpaired) electrons. The molecule has 1 saturated heterocycles. The number of aromatic nitrogens is 4. The van der Waals surface area contributed by atoms with E-state index in [1.54, 1.807) is 11.3 Å². The van der Waals surface area contributed by atoms with Crippen LogP contribution in [0.1, 0.15) is 55.8 Å². The molecule has 1 unspecified atom stereocenters. The minimum absolute atomic E-state index is 0.224. The van der Waals surface area contributed by atoms with Gasteiger partial charge in [-0.1, -0.05) is 24.7 Å². The summed E-state index contributed by atoms with van der Waals surface area (Å²) in [7, 11) is 0. The van der Waals surface area contributed by atoms with E-state index in [1.165, 1.54) is 30.7 Å². The van der Waals surface area contributed by atoms with Gasteiger partial charge in [0.2, 0.25) is 4.96 Å². The Morgan fingerprint density at radius 2 is 2.32 bits per heavy atom. The van der Waals surface area contributed by atoms with Gasteiger partial charge in [-0.05, 0) is 32.2 Å². The molecule has 2 aromatic heterocycles. The van der Waals surface area contributed by atoms with E-state index in [0.717, 1.165) is 30.3 Å². The zero-order valence-electron chi connectivity index (χ0n) is 11.2. The fourth-order valence-corrected chi connectivity index (χ4v) is 4.28. The first-order valence-corrected chi connectivity index (χ1v) is 8.07. The van der Waals surface area contributed by atoms with Crippen molar-refractivity contribution in [2.45, 2.75) is 50.4 Å². The van der Waals surface area contributed by atoms with Crippen molar-refractivity contribution < 1.29 is 0 Å². The molecule has 5 nitrogen and oxygen atoms in total. The summed E-state index contributed by atoms with van der Waals surface area (Å²) in [6.07, 6.45) is 6.14. The molecule has 0 amide bonds. The number of hydrogen-bond acceptors (Lipinski definition) is 5. The predicted molar refractivity (Wildman–Crippen MR) is 74.7 cm³/mol. The van der Waals surface area contributed by atoms with Gasteiger partial charge in [0.1, 0.15) is 5.01 Å². The van der Waals surface area contributed by atoms with Crippen LogP contribution in [-0.2, 0) is 5.41 Å². The molecule has 1 aliphatic carbocycles. The lowest BCUT2D eigenvalue weighted by Gasteiger charge is -2.24. The van der Waals surface area contributed by atoms with Crippen LogP contribution in [0.3, 0.4) is 0 Å². The Kier molecular flexibility index (Phi) is 2.63. The Bertz CT molecular complexity index is 591. The summed E-state index contributed by atoms with van der Waals surface area (Å²) in [5.41, 5.74) is 0.224. The highest BCUT2D eigenvalue weighted by Crippen LogP contribution is 2.39. The second-order valence-corrected chi connectivity index (χ2v) is 6.80. The topological polar surface area (TPSA) is 55.1 Å². The maximum atomic E-state index is 4.87. The summed E-state index contributed by atoms with van der Waals surface area (Å²) in [6.45, 7) is 4.41. The SMILES string of the molecule is CCC1(c2nn3c(C4CCC4)nnc3s2)CCNC1. The molecule has 2 aliphatic rings. The average Bonchev–Trinajstić information content (AvgIpc) is 3.02. The number of rotatable bonds is 3. The molecule has 0 bridgehead atoms. The van der Waals surface area contributed by atoms with Crippen molar-refractivity contribution in [1.82, 2.24) is 25.1 Å². The van der Waals surface area contributed by atoms with Crippen LogP contribution in [0.15, 0.2) is 0 Å². The number of nitrogens with zero attached hydrogens (tertiary/aromatic N) is 4. The summed E-state index contributed by atoms with van der Waals surface area (Å²) >= 11 is 1.73. The van der Waals surface area contributed by atoms with Crippen LogP contribution in [0.4, 0.5) is 0 Å². The van der Waals surface area contributed by atoms with E-state index in [4.69, 9.17) is 5.10 Å². The molecule has 1 saturated carbocycles. The normalized spacial score (nSPS) is 28.1. The third kappa shape index (κ3) is 1.66. The molecular formula is C13H19N5S. The Morgan fingerprint density at radius 1 is 1.42 bits per heavy atom. The van der Waals surface area contributed by atoms with E-state index in [2.05, 4.69) is 22.4 Å². The summed E-state index contributed by atoms with van der Waals surface area (Å²) in [5.74, 6) is 1.67. The standard InChI is InChI=1S/C13H19N5S/c1-2-13(6-7-14-8-13)11-17-18-10(9-4-3-5-9)15-16-12(18)19-11/h9,14H,2-8H2,1H3. The zero-order chi connectivity index (χ0) is 12.9. The van der Waals surface area contributed by atoms with Crippen LogP contribution in [0, 0.1) is 0 Å². The lowest BCUT2D eigenvalue weighted by molar-refractivity contribution is 0.392. The van der Waals surface area contributed by atoms with Crippen LogP contribution in [0.25, 0.3) is 4.96 Å². The molecule has 2 aromatic rings. The molecule has 2 fully saturated rings. The van der Waals surface area contributed by atoms with Gasteiger partial charge in [-0.25, -0.2) is 0 Å². The predicted octanol–water partition coefficient (Wildman–Crippen LogP) is 2.09. The van der Waals surface area contributed by atoms with Crippen molar-refractivity contribution in [2.24, 2.45) is 0 Å². The highest BCUT2D eigenvalue weighted by molar-refractivity contribution is 7.16. The van der Waals surface area contributed by atoms with Crippen molar-refractivity contribution in [3.05, 3.63) is 10.8 Å². The first kappa shape index (κ1) is 11.8. The van der Waals surface area contributed by atoms with Crippen molar-refractivity contribution >= 4 is 16.3 Å². The van der Waals surface area contributed by atoms with Crippen LogP contribution in [0.2, 0.25) is 0 Å². The summed E-state index contributed by atoms with van der Waals surface area (Å²) in [4.78, 5) is 0.969. The number of nitrogens with one attached hydrogen (secondary N) is 1. The summed E-state index contributed by atoms with van der Waals surface area (Å²) in [6, 6.07) is 0. The number of hydrogen-bond donors (Lipinski definition) is 1. The molecule has 102 valence electrons. The molecule has 6 heteroatoms. The average molecular weight is 277 g/mol. The Labute approximate surface area is 116 Å². The molecular weight excluding hydrogens is 258 g/mol. The summed E-state index contributed by atoms with van der Waals surface area (Å²) in [5, 5.41) is 18.3. The molecule has 1 atom stereocenters. The molecule has 1 N–H and O–H groups in total. The molecule has 3 heterocycles. The Morgan fingerprint density at radius 3 is 2.95 bits per heavy atom. The fraction of sp³-hybridized carbons (Fsp3) is 0.769. The van der Waals surface area contributed by atoms with Crippen molar-refractivity contribution in [2.75, 3.05) is 13.1 Å². The van der Waals surface area contributed by atoms with Crippen LogP contribution >= 0.6 is 11.3 Å². The van der Waals surface area contributed by atoms with Gasteiger partial charge in [0, 0.05) is 17.9 Å². The van der Waals surface area contributed by atoms with E-state index in [9.17, 15) is 0 Å². The fourth-order valence-electron chi connectivity index (χ4n) is 3.15. The van der Waals surface area contributed by atoms with Gasteiger partial charge in [-0.15, -0.1) is 10.2 Å². The second-order valence-electron chi connectivity index (χ2n) is 5.85. The monoisotopic (exact) mass is 277 g/mol. The first-order chi connectivity index (χ1) is 9.32. The molecule has 4 rings (SSSR count). The van der Waals surface area contributed by atoms with Crippen molar-refractivity contribution in [3.8, 4) is 0 Å². The lowest BCUT2D eigenvalue weighted by atomic mass is 9.85. The molecule has 19 heavy (non-hydrogen) atoms. The molecule has 0 aromatic carbocycles. The highest BCUT2D eigenvalue weighted by Gasteiger charge is 2.38. The van der Waals surface area contributed by atoms with Gasteiger partial charge < -0.3 is 5.32 Å². The van der Waals surface area contributed by atoms with Gasteiger partial charge in [0.15, 0.2) is 5.82 Å². The first-order valence-electron chi connectivity index (χ1n) is 7.26. The Hall–Kier alpha value is -1.01. The van der Waals surface area contributed by atoms with Gasteiger partial charge in [0.05, 0.1) is 0 Å². The van der Waals surface area contributed by atoms with E-state index in [1.807, 2.05) is 4.52 Å². The molecule has 0 spiro atoms. The van der Waals surface area contributed by atoms with Crippen molar-refractivity contribution in [1.29, 1.82) is 0 Å². The maximum Gasteiger partial charge on any atom is 0.234 e. The minimum Gasteiger partial charge on any atom is -0.316 e. The van der Waals surface area contributed by atoms with Gasteiger partial charge in [-0.2, -0.15) is 9.61 Å². The van der Waals surface area contributed by atoms with Crippen LogP contribution in [0.5, 0.6) is 0 Å². The highest BCUT2D eigenvalue weighted by atomic mass is 32.1. The quantitative estimate of drug-likeness (QED) is 0.933.